The van der Waals surface area contributed by atoms with Crippen LogP contribution >= 0.6 is 0 Å². The molecule has 1 N–H and O–H groups in total. The minimum absolute atomic E-state index is 0.0483. The first-order chi connectivity index (χ1) is 6.66. The molecule has 0 aliphatic heterocycles. The van der Waals surface area contributed by atoms with Crippen molar-refractivity contribution in [3.8, 4) is 0 Å². The van der Waals surface area contributed by atoms with Crippen LogP contribution < -0.4 is 0 Å². The Hall–Kier alpha value is -1.32. The number of aliphatic carboxylic acids is 1. The average Bonchev–Trinajstić information content (AvgIpc) is 2.26. The van der Waals surface area contributed by atoms with Gasteiger partial charge in [0.2, 0.25) is 0 Å². The summed E-state index contributed by atoms with van der Waals surface area (Å²) < 4.78 is 1.71. The Bertz CT molecular complexity index is 353. The SMILES string of the molecule is Cn1cc(C2CCC2)c(CC(=O)O)n1. The molecule has 76 valence electrons. The van der Waals surface area contributed by atoms with Gasteiger partial charge in [0.15, 0.2) is 0 Å². The molecular formula is C10H14N2O2. The summed E-state index contributed by atoms with van der Waals surface area (Å²) in [4.78, 5) is 10.6. The molecule has 0 saturated heterocycles. The summed E-state index contributed by atoms with van der Waals surface area (Å²) in [6.07, 6.45) is 5.62. The van der Waals surface area contributed by atoms with Crippen molar-refractivity contribution in [2.45, 2.75) is 31.6 Å². The highest BCUT2D eigenvalue weighted by Crippen LogP contribution is 2.37. The lowest BCUT2D eigenvalue weighted by Gasteiger charge is -2.24. The van der Waals surface area contributed by atoms with E-state index in [0.29, 0.717) is 5.92 Å². The van der Waals surface area contributed by atoms with E-state index >= 15 is 0 Å². The normalized spacial score (nSPS) is 16.6. The second-order valence-corrected chi connectivity index (χ2v) is 3.90. The predicted molar refractivity (Wildman–Crippen MR) is 51.1 cm³/mol. The molecule has 4 heteroatoms. The molecule has 1 aliphatic carbocycles. The molecule has 0 aromatic carbocycles. The Morgan fingerprint density at radius 1 is 1.71 bits per heavy atom. The summed E-state index contributed by atoms with van der Waals surface area (Å²) in [7, 11) is 1.84. The predicted octanol–water partition coefficient (Wildman–Crippen LogP) is 1.31. The zero-order chi connectivity index (χ0) is 10.1. The van der Waals surface area contributed by atoms with E-state index in [1.807, 2.05) is 13.2 Å². The molecule has 0 atom stereocenters. The van der Waals surface area contributed by atoms with E-state index < -0.39 is 5.97 Å². The second-order valence-electron chi connectivity index (χ2n) is 3.90. The number of carboxylic acids is 1. The minimum Gasteiger partial charge on any atom is -0.481 e. The smallest absolute Gasteiger partial charge is 0.309 e. The summed E-state index contributed by atoms with van der Waals surface area (Å²) >= 11 is 0. The van der Waals surface area contributed by atoms with E-state index in [0.717, 1.165) is 11.3 Å². The molecule has 1 heterocycles. The van der Waals surface area contributed by atoms with Crippen LogP contribution in [0.5, 0.6) is 0 Å². The first-order valence-electron chi connectivity index (χ1n) is 4.91. The maximum atomic E-state index is 10.6. The van der Waals surface area contributed by atoms with Crippen LogP contribution in [0.2, 0.25) is 0 Å². The van der Waals surface area contributed by atoms with Gasteiger partial charge in [-0.2, -0.15) is 5.10 Å². The van der Waals surface area contributed by atoms with Crippen LogP contribution in [-0.2, 0) is 18.3 Å². The highest BCUT2D eigenvalue weighted by Gasteiger charge is 2.25. The van der Waals surface area contributed by atoms with Crippen LogP contribution in [0.4, 0.5) is 0 Å². The van der Waals surface area contributed by atoms with Crippen molar-refractivity contribution in [3.05, 3.63) is 17.5 Å². The number of rotatable bonds is 3. The highest BCUT2D eigenvalue weighted by molar-refractivity contribution is 5.70. The van der Waals surface area contributed by atoms with E-state index in [1.165, 1.54) is 19.3 Å². The highest BCUT2D eigenvalue weighted by atomic mass is 16.4. The molecule has 2 rings (SSSR count). The van der Waals surface area contributed by atoms with Gasteiger partial charge in [0.25, 0.3) is 0 Å². The number of hydrogen-bond acceptors (Lipinski definition) is 2. The molecule has 0 bridgehead atoms. The molecule has 14 heavy (non-hydrogen) atoms. The first-order valence-corrected chi connectivity index (χ1v) is 4.91. The molecule has 4 nitrogen and oxygen atoms in total. The minimum atomic E-state index is -0.802. The van der Waals surface area contributed by atoms with Crippen LogP contribution in [-0.4, -0.2) is 20.9 Å². The number of nitrogens with zero attached hydrogens (tertiary/aromatic N) is 2. The number of carboxylic acid groups (broad SMARTS) is 1. The van der Waals surface area contributed by atoms with Crippen molar-refractivity contribution in [1.82, 2.24) is 9.78 Å². The zero-order valence-electron chi connectivity index (χ0n) is 8.23. The van der Waals surface area contributed by atoms with E-state index in [-0.39, 0.29) is 6.42 Å². The molecule has 0 unspecified atom stereocenters. The number of hydrogen-bond donors (Lipinski definition) is 1. The zero-order valence-corrected chi connectivity index (χ0v) is 8.23. The van der Waals surface area contributed by atoms with Gasteiger partial charge >= 0.3 is 5.97 Å². The quantitative estimate of drug-likeness (QED) is 0.789. The lowest BCUT2D eigenvalue weighted by molar-refractivity contribution is -0.136. The van der Waals surface area contributed by atoms with Crippen molar-refractivity contribution in [2.24, 2.45) is 7.05 Å². The monoisotopic (exact) mass is 194 g/mol. The average molecular weight is 194 g/mol. The van der Waals surface area contributed by atoms with E-state index in [9.17, 15) is 4.79 Å². The summed E-state index contributed by atoms with van der Waals surface area (Å²) in [5, 5.41) is 12.9. The third-order valence-corrected chi connectivity index (χ3v) is 2.80. The topological polar surface area (TPSA) is 55.1 Å². The third-order valence-electron chi connectivity index (χ3n) is 2.80. The summed E-state index contributed by atoms with van der Waals surface area (Å²) in [5.74, 6) is -0.248. The molecule has 1 aromatic heterocycles. The van der Waals surface area contributed by atoms with Crippen LogP contribution in [0.1, 0.15) is 36.4 Å². The van der Waals surface area contributed by atoms with Gasteiger partial charge in [-0.05, 0) is 24.3 Å². The van der Waals surface area contributed by atoms with E-state index in [2.05, 4.69) is 5.10 Å². The van der Waals surface area contributed by atoms with Crippen molar-refractivity contribution in [3.63, 3.8) is 0 Å². The molecular weight excluding hydrogens is 180 g/mol. The number of carbonyl (C=O) groups is 1. The lowest BCUT2D eigenvalue weighted by Crippen LogP contribution is -2.12. The molecule has 0 radical (unpaired) electrons. The second kappa shape index (κ2) is 3.44. The van der Waals surface area contributed by atoms with Gasteiger partial charge < -0.3 is 5.11 Å². The Morgan fingerprint density at radius 2 is 2.43 bits per heavy atom. The Labute approximate surface area is 82.5 Å². The van der Waals surface area contributed by atoms with Crippen LogP contribution in [0, 0.1) is 0 Å². The number of aromatic nitrogens is 2. The Morgan fingerprint density at radius 3 is 2.93 bits per heavy atom. The fourth-order valence-corrected chi connectivity index (χ4v) is 1.89. The van der Waals surface area contributed by atoms with E-state index in [4.69, 9.17) is 5.11 Å². The van der Waals surface area contributed by atoms with Crippen molar-refractivity contribution >= 4 is 5.97 Å². The lowest BCUT2D eigenvalue weighted by atomic mass is 9.80. The summed E-state index contributed by atoms with van der Waals surface area (Å²) in [6, 6.07) is 0. The van der Waals surface area contributed by atoms with Gasteiger partial charge in [0.1, 0.15) is 0 Å². The summed E-state index contributed by atoms with van der Waals surface area (Å²) in [5.41, 5.74) is 1.88. The standard InChI is InChI=1S/C10H14N2O2/c1-12-6-8(7-3-2-4-7)9(11-12)5-10(13)14/h6-7H,2-5H2,1H3,(H,13,14). The van der Waals surface area contributed by atoms with E-state index in [1.54, 1.807) is 4.68 Å². The van der Waals surface area contributed by atoms with Crippen molar-refractivity contribution in [2.75, 3.05) is 0 Å². The largest absolute Gasteiger partial charge is 0.481 e. The van der Waals surface area contributed by atoms with Gasteiger partial charge in [-0.15, -0.1) is 0 Å². The fourth-order valence-electron chi connectivity index (χ4n) is 1.89. The molecule has 0 spiro atoms. The maximum Gasteiger partial charge on any atom is 0.309 e. The Balaban J connectivity index is 2.23. The molecule has 1 saturated carbocycles. The van der Waals surface area contributed by atoms with Crippen LogP contribution in [0.3, 0.4) is 0 Å². The number of aryl methyl sites for hydroxylation is 1. The van der Waals surface area contributed by atoms with Crippen molar-refractivity contribution in [1.29, 1.82) is 0 Å². The first kappa shape index (κ1) is 9.24. The van der Waals surface area contributed by atoms with Crippen molar-refractivity contribution < 1.29 is 9.90 Å². The van der Waals surface area contributed by atoms with Gasteiger partial charge in [-0.1, -0.05) is 6.42 Å². The Kier molecular flexibility index (Phi) is 2.27. The maximum absolute atomic E-state index is 10.6. The molecule has 1 aliphatic rings. The van der Waals surface area contributed by atoms with Gasteiger partial charge in [0, 0.05) is 13.2 Å². The summed E-state index contributed by atoms with van der Waals surface area (Å²) in [6.45, 7) is 0. The molecule has 1 fully saturated rings. The van der Waals surface area contributed by atoms with Gasteiger partial charge in [0.05, 0.1) is 12.1 Å². The fraction of sp³-hybridized carbons (Fsp3) is 0.600. The van der Waals surface area contributed by atoms with Gasteiger partial charge in [-0.3, -0.25) is 9.48 Å². The van der Waals surface area contributed by atoms with Crippen LogP contribution in [0.15, 0.2) is 6.20 Å². The molecule has 1 aromatic rings. The van der Waals surface area contributed by atoms with Gasteiger partial charge in [-0.25, -0.2) is 0 Å². The molecule has 0 amide bonds. The third kappa shape index (κ3) is 1.64. The van der Waals surface area contributed by atoms with Crippen LogP contribution in [0.25, 0.3) is 0 Å².